The zero-order valence-electron chi connectivity index (χ0n) is 10.2. The van der Waals surface area contributed by atoms with Gasteiger partial charge in [0.05, 0.1) is 0 Å². The highest BCUT2D eigenvalue weighted by Crippen LogP contribution is 2.12. The molecule has 2 aromatic rings. The number of aromatic nitrogens is 2. The van der Waals surface area contributed by atoms with Crippen LogP contribution in [0.3, 0.4) is 0 Å². The number of aryl methyl sites for hydroxylation is 1. The van der Waals surface area contributed by atoms with E-state index in [1.165, 1.54) is 0 Å². The van der Waals surface area contributed by atoms with Crippen molar-refractivity contribution in [1.29, 1.82) is 0 Å². The Bertz CT molecular complexity index is 646. The average Bonchev–Trinajstić information content (AvgIpc) is 2.37. The second-order valence-electron chi connectivity index (χ2n) is 3.98. The van der Waals surface area contributed by atoms with Crippen LogP contribution in [-0.4, -0.2) is 21.0 Å². The second kappa shape index (κ2) is 5.34. The molecule has 0 unspecified atom stereocenters. The monoisotopic (exact) mass is 260 g/mol. The number of aromatic amines is 1. The molecule has 1 aromatic carbocycles. The van der Waals surface area contributed by atoms with E-state index in [0.717, 1.165) is 11.6 Å². The highest BCUT2D eigenvalue weighted by molar-refractivity contribution is 5.85. The maximum Gasteiger partial charge on any atom is 0.354 e. The van der Waals surface area contributed by atoms with Crippen molar-refractivity contribution in [3.8, 4) is 5.75 Å². The van der Waals surface area contributed by atoms with Crippen LogP contribution in [0.4, 0.5) is 0 Å². The molecule has 0 aliphatic heterocycles. The third kappa shape index (κ3) is 3.41. The molecule has 0 atom stereocenters. The lowest BCUT2D eigenvalue weighted by atomic mass is 10.2. The number of hydrogen-bond donors (Lipinski definition) is 2. The van der Waals surface area contributed by atoms with Gasteiger partial charge in [0.1, 0.15) is 18.2 Å². The summed E-state index contributed by atoms with van der Waals surface area (Å²) < 4.78 is 5.41. The van der Waals surface area contributed by atoms with Crippen molar-refractivity contribution in [2.45, 2.75) is 13.5 Å². The zero-order chi connectivity index (χ0) is 13.8. The van der Waals surface area contributed by atoms with Gasteiger partial charge >= 0.3 is 5.97 Å². The molecule has 6 heteroatoms. The Hall–Kier alpha value is -2.63. The molecule has 1 aromatic heterocycles. The molecule has 0 fully saturated rings. The molecule has 2 rings (SSSR count). The number of carbonyl (C=O) groups is 1. The average molecular weight is 260 g/mol. The maximum atomic E-state index is 11.3. The molecule has 0 saturated carbocycles. The largest absolute Gasteiger partial charge is 0.486 e. The number of nitrogens with zero attached hydrogens (tertiary/aromatic N) is 1. The van der Waals surface area contributed by atoms with E-state index >= 15 is 0 Å². The zero-order valence-corrected chi connectivity index (χ0v) is 10.2. The van der Waals surface area contributed by atoms with Gasteiger partial charge < -0.3 is 14.8 Å². The summed E-state index contributed by atoms with van der Waals surface area (Å²) in [6.07, 6.45) is 0. The molecule has 0 spiro atoms. The summed E-state index contributed by atoms with van der Waals surface area (Å²) in [5.41, 5.74) is 0.285. The first kappa shape index (κ1) is 12.8. The predicted octanol–water partition coefficient (Wildman–Crippen LogP) is 1.36. The van der Waals surface area contributed by atoms with Gasteiger partial charge in [-0.05, 0) is 19.1 Å². The molecule has 2 N–H and O–H groups in total. The van der Waals surface area contributed by atoms with Gasteiger partial charge in [-0.3, -0.25) is 4.79 Å². The van der Waals surface area contributed by atoms with Gasteiger partial charge in [-0.2, -0.15) is 0 Å². The summed E-state index contributed by atoms with van der Waals surface area (Å²) in [5, 5.41) is 8.79. The summed E-state index contributed by atoms with van der Waals surface area (Å²) in [5.74, 6) is -0.456. The lowest BCUT2D eigenvalue weighted by molar-refractivity contribution is 0.0689. The SMILES string of the molecule is Cc1ccc(OCc2nc(C(=O)O)cc(=O)[nH]2)cc1. The molecule has 0 saturated heterocycles. The Balaban J connectivity index is 2.13. The number of ether oxygens (including phenoxy) is 1. The Morgan fingerprint density at radius 2 is 2.05 bits per heavy atom. The molecule has 0 aliphatic rings. The Morgan fingerprint density at radius 3 is 2.68 bits per heavy atom. The van der Waals surface area contributed by atoms with Gasteiger partial charge in [-0.15, -0.1) is 0 Å². The van der Waals surface area contributed by atoms with E-state index in [2.05, 4.69) is 9.97 Å². The number of nitrogens with one attached hydrogen (secondary N) is 1. The summed E-state index contributed by atoms with van der Waals surface area (Å²) >= 11 is 0. The smallest absolute Gasteiger partial charge is 0.354 e. The molecule has 1 heterocycles. The molecular weight excluding hydrogens is 248 g/mol. The van der Waals surface area contributed by atoms with Crippen molar-refractivity contribution in [2.75, 3.05) is 0 Å². The Labute approximate surface area is 108 Å². The van der Waals surface area contributed by atoms with Crippen molar-refractivity contribution in [3.05, 3.63) is 57.8 Å². The summed E-state index contributed by atoms with van der Waals surface area (Å²) in [4.78, 5) is 28.2. The number of hydrogen-bond acceptors (Lipinski definition) is 4. The highest BCUT2D eigenvalue weighted by atomic mass is 16.5. The van der Waals surface area contributed by atoms with Crippen LogP contribution in [-0.2, 0) is 6.61 Å². The summed E-state index contributed by atoms with van der Waals surface area (Å²) in [6, 6.07) is 8.28. The number of aromatic carboxylic acids is 1. The highest BCUT2D eigenvalue weighted by Gasteiger charge is 2.08. The molecule has 0 bridgehead atoms. The topological polar surface area (TPSA) is 92.3 Å². The van der Waals surface area contributed by atoms with Crippen LogP contribution in [0.15, 0.2) is 35.1 Å². The molecule has 0 radical (unpaired) electrons. The first-order chi connectivity index (χ1) is 9.04. The van der Waals surface area contributed by atoms with Crippen LogP contribution in [0.25, 0.3) is 0 Å². The molecular formula is C13H12N2O4. The van der Waals surface area contributed by atoms with Crippen LogP contribution in [0.1, 0.15) is 21.9 Å². The predicted molar refractivity (Wildman–Crippen MR) is 67.3 cm³/mol. The third-order valence-corrected chi connectivity index (χ3v) is 2.41. The lowest BCUT2D eigenvalue weighted by Gasteiger charge is -2.06. The van der Waals surface area contributed by atoms with E-state index < -0.39 is 11.5 Å². The number of carboxylic acids is 1. The fourth-order valence-corrected chi connectivity index (χ4v) is 1.47. The van der Waals surface area contributed by atoms with E-state index in [9.17, 15) is 9.59 Å². The van der Waals surface area contributed by atoms with E-state index in [1.807, 2.05) is 19.1 Å². The first-order valence-corrected chi connectivity index (χ1v) is 5.57. The van der Waals surface area contributed by atoms with E-state index in [1.54, 1.807) is 12.1 Å². The molecule has 19 heavy (non-hydrogen) atoms. The minimum Gasteiger partial charge on any atom is -0.486 e. The number of carboxylic acid groups (broad SMARTS) is 1. The lowest BCUT2D eigenvalue weighted by Crippen LogP contribution is -2.17. The number of benzene rings is 1. The van der Waals surface area contributed by atoms with Gasteiger partial charge in [0, 0.05) is 6.07 Å². The van der Waals surface area contributed by atoms with Crippen LogP contribution >= 0.6 is 0 Å². The van der Waals surface area contributed by atoms with Crippen LogP contribution in [0.2, 0.25) is 0 Å². The van der Waals surface area contributed by atoms with Gasteiger partial charge in [-0.25, -0.2) is 9.78 Å². The van der Waals surface area contributed by atoms with Gasteiger partial charge in [0.2, 0.25) is 0 Å². The number of rotatable bonds is 4. The van der Waals surface area contributed by atoms with Crippen molar-refractivity contribution in [1.82, 2.24) is 9.97 Å². The standard InChI is InChI=1S/C13H12N2O4/c1-8-2-4-9(5-3-8)19-7-11-14-10(13(17)18)6-12(16)15-11/h2-6H,7H2,1H3,(H,17,18)(H,14,15,16). The molecule has 98 valence electrons. The maximum absolute atomic E-state index is 11.3. The normalized spacial score (nSPS) is 10.2. The van der Waals surface area contributed by atoms with Crippen LogP contribution in [0.5, 0.6) is 5.75 Å². The van der Waals surface area contributed by atoms with Gasteiger partial charge in [-0.1, -0.05) is 17.7 Å². The number of H-pyrrole nitrogens is 1. The first-order valence-electron chi connectivity index (χ1n) is 5.57. The van der Waals surface area contributed by atoms with Gasteiger partial charge in [0.25, 0.3) is 5.56 Å². The van der Waals surface area contributed by atoms with E-state index in [4.69, 9.17) is 9.84 Å². The van der Waals surface area contributed by atoms with E-state index in [0.29, 0.717) is 5.75 Å². The summed E-state index contributed by atoms with van der Waals surface area (Å²) in [6.45, 7) is 1.96. The summed E-state index contributed by atoms with van der Waals surface area (Å²) in [7, 11) is 0. The molecule has 0 amide bonds. The van der Waals surface area contributed by atoms with Crippen molar-refractivity contribution in [3.63, 3.8) is 0 Å². The van der Waals surface area contributed by atoms with Crippen molar-refractivity contribution in [2.24, 2.45) is 0 Å². The quantitative estimate of drug-likeness (QED) is 0.865. The van der Waals surface area contributed by atoms with Crippen LogP contribution in [0, 0.1) is 6.92 Å². The molecule has 0 aliphatic carbocycles. The van der Waals surface area contributed by atoms with Crippen molar-refractivity contribution >= 4 is 5.97 Å². The Morgan fingerprint density at radius 1 is 1.37 bits per heavy atom. The molecule has 6 nitrogen and oxygen atoms in total. The van der Waals surface area contributed by atoms with Gasteiger partial charge in [0.15, 0.2) is 5.69 Å². The minimum atomic E-state index is -1.25. The Kier molecular flexibility index (Phi) is 3.61. The van der Waals surface area contributed by atoms with Crippen molar-refractivity contribution < 1.29 is 14.6 Å². The minimum absolute atomic E-state index is 0.000574. The fraction of sp³-hybridized carbons (Fsp3) is 0.154. The second-order valence-corrected chi connectivity index (χ2v) is 3.98. The van der Waals surface area contributed by atoms with E-state index in [-0.39, 0.29) is 18.1 Å². The van der Waals surface area contributed by atoms with Crippen LogP contribution < -0.4 is 10.3 Å². The third-order valence-electron chi connectivity index (χ3n) is 2.41. The fourth-order valence-electron chi connectivity index (χ4n) is 1.47.